The number of aliphatic carboxylic acids is 1. The van der Waals surface area contributed by atoms with Crippen molar-refractivity contribution in [2.45, 2.75) is 19.0 Å². The van der Waals surface area contributed by atoms with E-state index in [9.17, 15) is 18.0 Å². The fourth-order valence-electron chi connectivity index (χ4n) is 1.12. The van der Waals surface area contributed by atoms with Gasteiger partial charge in [-0.15, -0.1) is 0 Å². The average Bonchev–Trinajstić information content (AvgIpc) is 2.14. The van der Waals surface area contributed by atoms with Gasteiger partial charge >= 0.3 is 12.1 Å². The van der Waals surface area contributed by atoms with Crippen LogP contribution < -0.4 is 5.32 Å². The Balaban J connectivity index is 2.50. The lowest BCUT2D eigenvalue weighted by atomic mass is 10.1. The van der Waals surface area contributed by atoms with Crippen molar-refractivity contribution < 1.29 is 23.1 Å². The summed E-state index contributed by atoms with van der Waals surface area (Å²) < 4.78 is 35.6. The largest absolute Gasteiger partial charge is 0.478 e. The molecule has 0 radical (unpaired) electrons. The molecule has 0 atom stereocenters. The van der Waals surface area contributed by atoms with Gasteiger partial charge < -0.3 is 10.4 Å². The molecule has 0 fully saturated rings. The molecule has 0 bridgehead atoms. The Labute approximate surface area is 84.3 Å². The molecule has 1 rings (SSSR count). The molecule has 0 unspecified atom stereocenters. The second-order valence-corrected chi connectivity index (χ2v) is 3.16. The number of carboxylic acids is 1. The molecule has 0 aromatic heterocycles. The number of dihydropyridines is 1. The Bertz CT molecular complexity index is 318. The Morgan fingerprint density at radius 2 is 2.13 bits per heavy atom. The van der Waals surface area contributed by atoms with E-state index >= 15 is 0 Å². The number of hydrogen-bond acceptors (Lipinski definition) is 2. The quantitative estimate of drug-likeness (QED) is 0.764. The first-order chi connectivity index (χ1) is 6.88. The summed E-state index contributed by atoms with van der Waals surface area (Å²) in [6, 6.07) is 0. The maximum Gasteiger partial charge on any atom is 0.389 e. The van der Waals surface area contributed by atoms with Gasteiger partial charge in [-0.1, -0.05) is 0 Å². The SMILES string of the molecule is O=C(O)C1=CC=C(CCC(F)(F)F)NC1. The molecule has 0 aromatic carbocycles. The predicted molar refractivity (Wildman–Crippen MR) is 47.1 cm³/mol. The summed E-state index contributed by atoms with van der Waals surface area (Å²) in [6.45, 7) is 0.0685. The van der Waals surface area contributed by atoms with Crippen LogP contribution in [0.4, 0.5) is 13.2 Å². The van der Waals surface area contributed by atoms with Crippen LogP contribution in [0.15, 0.2) is 23.4 Å². The minimum Gasteiger partial charge on any atom is -0.478 e. The summed E-state index contributed by atoms with van der Waals surface area (Å²) in [5.74, 6) is -1.06. The molecule has 3 nitrogen and oxygen atoms in total. The smallest absolute Gasteiger partial charge is 0.389 e. The van der Waals surface area contributed by atoms with Crippen molar-refractivity contribution in [3.05, 3.63) is 23.4 Å². The molecular weight excluding hydrogens is 211 g/mol. The minimum atomic E-state index is -4.18. The number of rotatable bonds is 3. The fraction of sp³-hybridized carbons (Fsp3) is 0.444. The Kier molecular flexibility index (Phi) is 3.39. The van der Waals surface area contributed by atoms with Crippen molar-refractivity contribution in [1.82, 2.24) is 5.32 Å². The van der Waals surface area contributed by atoms with Crippen LogP contribution in [0.3, 0.4) is 0 Å². The zero-order chi connectivity index (χ0) is 11.5. The Morgan fingerprint density at radius 1 is 1.47 bits per heavy atom. The first-order valence-electron chi connectivity index (χ1n) is 4.32. The molecular formula is C9H10F3NO2. The highest BCUT2D eigenvalue weighted by molar-refractivity contribution is 5.87. The van der Waals surface area contributed by atoms with Gasteiger partial charge in [-0.2, -0.15) is 13.2 Å². The van der Waals surface area contributed by atoms with Gasteiger partial charge in [0.05, 0.1) is 5.57 Å². The van der Waals surface area contributed by atoms with Gasteiger partial charge in [0.15, 0.2) is 0 Å². The average molecular weight is 221 g/mol. The summed E-state index contributed by atoms with van der Waals surface area (Å²) in [6.07, 6.45) is -2.53. The van der Waals surface area contributed by atoms with Crippen LogP contribution in [0.25, 0.3) is 0 Å². The van der Waals surface area contributed by atoms with Gasteiger partial charge in [-0.05, 0) is 18.6 Å². The summed E-state index contributed by atoms with van der Waals surface area (Å²) in [7, 11) is 0. The van der Waals surface area contributed by atoms with Gasteiger partial charge in [-0.3, -0.25) is 0 Å². The van der Waals surface area contributed by atoms with Gasteiger partial charge in [0.1, 0.15) is 0 Å². The lowest BCUT2D eigenvalue weighted by Crippen LogP contribution is -2.24. The minimum absolute atomic E-state index is 0.0685. The number of alkyl halides is 3. The van der Waals surface area contributed by atoms with Crippen molar-refractivity contribution in [3.8, 4) is 0 Å². The molecule has 2 N–H and O–H groups in total. The van der Waals surface area contributed by atoms with E-state index in [1.807, 2.05) is 0 Å². The van der Waals surface area contributed by atoms with Crippen LogP contribution >= 0.6 is 0 Å². The first kappa shape index (κ1) is 11.6. The van der Waals surface area contributed by atoms with Gasteiger partial charge in [0.25, 0.3) is 0 Å². The van der Waals surface area contributed by atoms with Crippen molar-refractivity contribution in [2.75, 3.05) is 6.54 Å². The van der Waals surface area contributed by atoms with Crippen LogP contribution in [0.5, 0.6) is 0 Å². The van der Waals surface area contributed by atoms with Crippen LogP contribution in [0.1, 0.15) is 12.8 Å². The summed E-state index contributed by atoms with van der Waals surface area (Å²) in [4.78, 5) is 10.5. The van der Waals surface area contributed by atoms with E-state index in [-0.39, 0.29) is 18.5 Å². The lowest BCUT2D eigenvalue weighted by Gasteiger charge is -2.15. The number of carbonyl (C=O) groups is 1. The standard InChI is InChI=1S/C9H10F3NO2/c10-9(11,12)4-3-7-2-1-6(5-13-7)8(14)15/h1-2,13H,3-5H2,(H,14,15). The summed E-state index contributed by atoms with van der Waals surface area (Å²) in [5.41, 5.74) is 0.558. The maximum absolute atomic E-state index is 11.9. The van der Waals surface area contributed by atoms with Gasteiger partial charge in [0.2, 0.25) is 0 Å². The van der Waals surface area contributed by atoms with Gasteiger partial charge in [-0.25, -0.2) is 4.79 Å². The maximum atomic E-state index is 11.9. The highest BCUT2D eigenvalue weighted by Gasteiger charge is 2.27. The topological polar surface area (TPSA) is 49.3 Å². The first-order valence-corrected chi connectivity index (χ1v) is 4.32. The number of nitrogens with one attached hydrogen (secondary N) is 1. The molecule has 15 heavy (non-hydrogen) atoms. The van der Waals surface area contributed by atoms with E-state index < -0.39 is 18.6 Å². The van der Waals surface area contributed by atoms with E-state index in [0.717, 1.165) is 0 Å². The van der Waals surface area contributed by atoms with E-state index in [1.54, 1.807) is 0 Å². The lowest BCUT2D eigenvalue weighted by molar-refractivity contribution is -0.135. The van der Waals surface area contributed by atoms with Crippen LogP contribution in [-0.4, -0.2) is 23.8 Å². The van der Waals surface area contributed by atoms with Crippen LogP contribution in [-0.2, 0) is 4.79 Å². The van der Waals surface area contributed by atoms with Crippen LogP contribution in [0.2, 0.25) is 0 Å². The molecule has 0 aromatic rings. The van der Waals surface area contributed by atoms with E-state index in [1.165, 1.54) is 12.2 Å². The van der Waals surface area contributed by atoms with Crippen molar-refractivity contribution in [2.24, 2.45) is 0 Å². The normalized spacial score (nSPS) is 16.5. The number of carboxylic acid groups (broad SMARTS) is 1. The summed E-state index contributed by atoms with van der Waals surface area (Å²) >= 11 is 0. The van der Waals surface area contributed by atoms with Crippen molar-refractivity contribution >= 4 is 5.97 Å². The highest BCUT2D eigenvalue weighted by atomic mass is 19.4. The molecule has 0 spiro atoms. The molecule has 0 amide bonds. The Hall–Kier alpha value is -1.46. The second kappa shape index (κ2) is 4.37. The molecule has 1 aliphatic rings. The van der Waals surface area contributed by atoms with Crippen LogP contribution in [0, 0.1) is 0 Å². The monoisotopic (exact) mass is 221 g/mol. The molecule has 0 saturated carbocycles. The third-order valence-electron chi connectivity index (χ3n) is 1.94. The third-order valence-corrected chi connectivity index (χ3v) is 1.94. The second-order valence-electron chi connectivity index (χ2n) is 3.16. The van der Waals surface area contributed by atoms with E-state index in [4.69, 9.17) is 5.11 Å². The molecule has 1 aliphatic heterocycles. The highest BCUT2D eigenvalue weighted by Crippen LogP contribution is 2.23. The zero-order valence-corrected chi connectivity index (χ0v) is 7.77. The molecule has 84 valence electrons. The molecule has 0 aliphatic carbocycles. The number of hydrogen-bond donors (Lipinski definition) is 2. The third kappa shape index (κ3) is 4.05. The Morgan fingerprint density at radius 3 is 2.53 bits per heavy atom. The fourth-order valence-corrected chi connectivity index (χ4v) is 1.12. The van der Waals surface area contributed by atoms with Crippen molar-refractivity contribution in [1.29, 1.82) is 0 Å². The molecule has 0 saturated heterocycles. The number of allylic oxidation sites excluding steroid dienone is 3. The molecule has 1 heterocycles. The molecule has 6 heteroatoms. The zero-order valence-electron chi connectivity index (χ0n) is 7.77. The van der Waals surface area contributed by atoms with E-state index in [0.29, 0.717) is 5.70 Å². The van der Waals surface area contributed by atoms with Crippen molar-refractivity contribution in [3.63, 3.8) is 0 Å². The summed E-state index contributed by atoms with van der Waals surface area (Å²) in [5, 5.41) is 11.2. The van der Waals surface area contributed by atoms with Gasteiger partial charge in [0, 0.05) is 18.7 Å². The number of halogens is 3. The predicted octanol–water partition coefficient (Wildman–Crippen LogP) is 1.83. The van der Waals surface area contributed by atoms with E-state index in [2.05, 4.69) is 5.32 Å².